The van der Waals surface area contributed by atoms with Crippen molar-refractivity contribution in [1.29, 1.82) is 0 Å². The summed E-state index contributed by atoms with van der Waals surface area (Å²) < 4.78 is 17.6. The number of carbonyl (C=O) groups is 2. The highest BCUT2D eigenvalue weighted by molar-refractivity contribution is 5.76. The molecular weight excluding hydrogens is 580 g/mol. The Morgan fingerprint density at radius 1 is 0.717 bits per heavy atom. The molecule has 1 N–H and O–H groups in total. The molecule has 1 fully saturated rings. The van der Waals surface area contributed by atoms with Gasteiger partial charge in [0.1, 0.15) is 6.04 Å². The van der Waals surface area contributed by atoms with Crippen molar-refractivity contribution >= 4 is 11.9 Å². The standard InChI is InChI=1S/C38H74N2O6/c1-5-7-9-11-12-18-25-34(24-17-10-8-6-2)37(42)45-29-21-15-16-22-30-46-38(43)36-32-35(44-31-23-26-39(3)4)33-40(36)27-19-13-14-20-28-41/h34-36,41H,5-33H2,1-4H3/t34?,35?,36-/m0/s1. The summed E-state index contributed by atoms with van der Waals surface area (Å²) in [4.78, 5) is 30.3. The van der Waals surface area contributed by atoms with Crippen LogP contribution in [-0.4, -0.2) is 99.1 Å². The van der Waals surface area contributed by atoms with Crippen LogP contribution in [0.3, 0.4) is 0 Å². The molecule has 0 aromatic rings. The predicted molar refractivity (Wildman–Crippen MR) is 189 cm³/mol. The number of hydrogen-bond donors (Lipinski definition) is 1. The maximum absolute atomic E-state index is 13.1. The van der Waals surface area contributed by atoms with Crippen molar-refractivity contribution in [1.82, 2.24) is 9.80 Å². The van der Waals surface area contributed by atoms with Gasteiger partial charge in [-0.15, -0.1) is 0 Å². The Morgan fingerprint density at radius 2 is 1.28 bits per heavy atom. The summed E-state index contributed by atoms with van der Waals surface area (Å²) in [5.41, 5.74) is 0. The average Bonchev–Trinajstić information content (AvgIpc) is 3.45. The van der Waals surface area contributed by atoms with Crippen molar-refractivity contribution in [3.63, 3.8) is 0 Å². The molecule has 8 nitrogen and oxygen atoms in total. The SMILES string of the molecule is CCCCCCCCC(CCCCCC)C(=O)OCCCCCCOC(=O)[C@@H]1CC(OCCCN(C)C)CN1CCCCCCO. The first-order valence-electron chi connectivity index (χ1n) is 19.4. The molecule has 0 aromatic heterocycles. The topological polar surface area (TPSA) is 88.5 Å². The normalized spacial score (nSPS) is 17.5. The van der Waals surface area contributed by atoms with E-state index in [1.54, 1.807) is 0 Å². The monoisotopic (exact) mass is 655 g/mol. The van der Waals surface area contributed by atoms with Crippen molar-refractivity contribution in [3.8, 4) is 0 Å². The molecule has 0 aromatic carbocycles. The number of unbranched alkanes of at least 4 members (excludes halogenated alkanes) is 14. The molecule has 1 aliphatic heterocycles. The zero-order valence-electron chi connectivity index (χ0n) is 30.6. The van der Waals surface area contributed by atoms with E-state index >= 15 is 0 Å². The number of hydrogen-bond acceptors (Lipinski definition) is 8. The van der Waals surface area contributed by atoms with Gasteiger partial charge in [0, 0.05) is 26.2 Å². The van der Waals surface area contributed by atoms with E-state index in [1.165, 1.54) is 51.4 Å². The summed E-state index contributed by atoms with van der Waals surface area (Å²) in [5, 5.41) is 9.05. The van der Waals surface area contributed by atoms with E-state index in [-0.39, 0.29) is 36.6 Å². The Hall–Kier alpha value is -1.22. The highest BCUT2D eigenvalue weighted by atomic mass is 16.5. The molecule has 0 amide bonds. The summed E-state index contributed by atoms with van der Waals surface area (Å²) in [6.45, 7) is 8.98. The molecule has 0 saturated carbocycles. The first-order chi connectivity index (χ1) is 22.4. The van der Waals surface area contributed by atoms with Crippen molar-refractivity contribution in [2.75, 3.05) is 60.2 Å². The van der Waals surface area contributed by atoms with Crippen LogP contribution in [0.1, 0.15) is 155 Å². The summed E-state index contributed by atoms with van der Waals surface area (Å²) in [5.74, 6) is -0.0614. The molecular formula is C38H74N2O6. The minimum Gasteiger partial charge on any atom is -0.465 e. The third-order valence-electron chi connectivity index (χ3n) is 9.27. The fourth-order valence-corrected chi connectivity index (χ4v) is 6.37. The summed E-state index contributed by atoms with van der Waals surface area (Å²) in [7, 11) is 4.14. The maximum atomic E-state index is 13.1. The second-order valence-corrected chi connectivity index (χ2v) is 13.9. The van der Waals surface area contributed by atoms with Gasteiger partial charge in [0.2, 0.25) is 0 Å². The van der Waals surface area contributed by atoms with E-state index in [4.69, 9.17) is 19.3 Å². The third-order valence-corrected chi connectivity index (χ3v) is 9.27. The van der Waals surface area contributed by atoms with E-state index in [0.717, 1.165) is 103 Å². The van der Waals surface area contributed by atoms with E-state index in [1.807, 2.05) is 0 Å². The summed E-state index contributed by atoms with van der Waals surface area (Å²) in [6, 6.07) is -0.234. The van der Waals surface area contributed by atoms with Crippen LogP contribution in [0.2, 0.25) is 0 Å². The average molecular weight is 655 g/mol. The highest BCUT2D eigenvalue weighted by Gasteiger charge is 2.38. The van der Waals surface area contributed by atoms with Crippen LogP contribution in [0.15, 0.2) is 0 Å². The lowest BCUT2D eigenvalue weighted by Crippen LogP contribution is -2.38. The Kier molecular flexibility index (Phi) is 27.8. The van der Waals surface area contributed by atoms with Gasteiger partial charge in [-0.25, -0.2) is 0 Å². The van der Waals surface area contributed by atoms with Crippen molar-refractivity contribution < 1.29 is 28.9 Å². The number of rotatable bonds is 32. The van der Waals surface area contributed by atoms with Gasteiger partial charge >= 0.3 is 11.9 Å². The Bertz CT molecular complexity index is 721. The summed E-state index contributed by atoms with van der Waals surface area (Å²) in [6.07, 6.45) is 23.5. The second kappa shape index (κ2) is 29.9. The molecule has 1 saturated heterocycles. The molecule has 0 radical (unpaired) electrons. The van der Waals surface area contributed by atoms with E-state index in [2.05, 4.69) is 37.7 Å². The number of likely N-dealkylation sites (tertiary alicyclic amines) is 1. The molecule has 0 aliphatic carbocycles. The van der Waals surface area contributed by atoms with Gasteiger partial charge in [-0.3, -0.25) is 14.5 Å². The number of aliphatic hydroxyl groups excluding tert-OH is 1. The van der Waals surface area contributed by atoms with Crippen LogP contribution >= 0.6 is 0 Å². The highest BCUT2D eigenvalue weighted by Crippen LogP contribution is 2.24. The van der Waals surface area contributed by atoms with Crippen molar-refractivity contribution in [2.45, 2.75) is 167 Å². The van der Waals surface area contributed by atoms with E-state index < -0.39 is 0 Å². The van der Waals surface area contributed by atoms with Gasteiger partial charge in [0.15, 0.2) is 0 Å². The Balaban J connectivity index is 2.32. The zero-order chi connectivity index (χ0) is 33.7. The molecule has 8 heteroatoms. The lowest BCUT2D eigenvalue weighted by molar-refractivity contribution is -0.150. The van der Waals surface area contributed by atoms with Crippen LogP contribution in [0.5, 0.6) is 0 Å². The molecule has 0 bridgehead atoms. The van der Waals surface area contributed by atoms with Gasteiger partial charge in [0.25, 0.3) is 0 Å². The molecule has 0 spiro atoms. The summed E-state index contributed by atoms with van der Waals surface area (Å²) >= 11 is 0. The molecule has 1 aliphatic rings. The minimum atomic E-state index is -0.234. The number of esters is 2. The van der Waals surface area contributed by atoms with Crippen LogP contribution < -0.4 is 0 Å². The minimum absolute atomic E-state index is 0.00786. The number of carbonyl (C=O) groups excluding carboxylic acids is 2. The smallest absolute Gasteiger partial charge is 0.323 e. The lowest BCUT2D eigenvalue weighted by atomic mass is 9.94. The Morgan fingerprint density at radius 3 is 1.93 bits per heavy atom. The van der Waals surface area contributed by atoms with Crippen LogP contribution in [0.25, 0.3) is 0 Å². The first-order valence-corrected chi connectivity index (χ1v) is 19.4. The van der Waals surface area contributed by atoms with Crippen LogP contribution in [-0.2, 0) is 23.8 Å². The second-order valence-electron chi connectivity index (χ2n) is 13.9. The van der Waals surface area contributed by atoms with Gasteiger partial charge in [-0.2, -0.15) is 0 Å². The molecule has 2 unspecified atom stereocenters. The van der Waals surface area contributed by atoms with Crippen molar-refractivity contribution in [2.24, 2.45) is 5.92 Å². The lowest BCUT2D eigenvalue weighted by Gasteiger charge is -2.22. The van der Waals surface area contributed by atoms with Gasteiger partial charge in [0.05, 0.1) is 25.2 Å². The van der Waals surface area contributed by atoms with Crippen LogP contribution in [0.4, 0.5) is 0 Å². The van der Waals surface area contributed by atoms with Crippen molar-refractivity contribution in [3.05, 3.63) is 0 Å². The molecule has 272 valence electrons. The van der Waals surface area contributed by atoms with Gasteiger partial charge < -0.3 is 24.2 Å². The number of nitrogens with zero attached hydrogens (tertiary/aromatic N) is 2. The molecule has 1 rings (SSSR count). The van der Waals surface area contributed by atoms with E-state index in [0.29, 0.717) is 26.2 Å². The van der Waals surface area contributed by atoms with Gasteiger partial charge in [-0.05, 0) is 85.0 Å². The van der Waals surface area contributed by atoms with Gasteiger partial charge in [-0.1, -0.05) is 90.9 Å². The molecule has 1 heterocycles. The molecule has 46 heavy (non-hydrogen) atoms. The maximum Gasteiger partial charge on any atom is 0.323 e. The Labute approximate surface area is 283 Å². The largest absolute Gasteiger partial charge is 0.465 e. The number of aliphatic hydroxyl groups is 1. The van der Waals surface area contributed by atoms with E-state index in [9.17, 15) is 9.59 Å². The molecule has 3 atom stereocenters. The fraction of sp³-hybridized carbons (Fsp3) is 0.947. The number of ether oxygens (including phenoxy) is 3. The fourth-order valence-electron chi connectivity index (χ4n) is 6.37. The quantitative estimate of drug-likeness (QED) is 0.0578. The first kappa shape index (κ1) is 42.8. The third kappa shape index (κ3) is 22.4. The van der Waals surface area contributed by atoms with Crippen LogP contribution in [0, 0.1) is 5.92 Å². The predicted octanol–water partition coefficient (Wildman–Crippen LogP) is 7.93. The zero-order valence-corrected chi connectivity index (χ0v) is 30.6.